The summed E-state index contributed by atoms with van der Waals surface area (Å²) in [7, 11) is 0. The van der Waals surface area contributed by atoms with Gasteiger partial charge < -0.3 is 15.0 Å². The van der Waals surface area contributed by atoms with Crippen LogP contribution < -0.4 is 15.6 Å². The first-order valence-electron chi connectivity index (χ1n) is 7.47. The summed E-state index contributed by atoms with van der Waals surface area (Å²) in [6.45, 7) is 3.08. The highest BCUT2D eigenvalue weighted by Gasteiger charge is 2.31. The van der Waals surface area contributed by atoms with Crippen molar-refractivity contribution in [3.63, 3.8) is 0 Å². The molecule has 0 saturated carbocycles. The number of amides is 3. The highest BCUT2D eigenvalue weighted by molar-refractivity contribution is 5.96. The van der Waals surface area contributed by atoms with E-state index in [1.165, 1.54) is 0 Å². The van der Waals surface area contributed by atoms with Crippen molar-refractivity contribution in [3.05, 3.63) is 30.3 Å². The van der Waals surface area contributed by atoms with E-state index >= 15 is 0 Å². The number of nitrogens with zero attached hydrogens (tertiary/aromatic N) is 2. The number of urea groups is 1. The zero-order valence-electron chi connectivity index (χ0n) is 12.3. The first-order valence-corrected chi connectivity index (χ1v) is 7.47. The Morgan fingerprint density at radius 1 is 1.18 bits per heavy atom. The minimum Gasteiger partial charge on any atom is -0.379 e. The maximum Gasteiger partial charge on any atom is 0.329 e. The Hall–Kier alpha value is -2.12. The van der Waals surface area contributed by atoms with Crippen molar-refractivity contribution in [2.24, 2.45) is 0 Å². The molecule has 7 heteroatoms. The maximum atomic E-state index is 12.1. The van der Waals surface area contributed by atoms with Gasteiger partial charge in [-0.1, -0.05) is 18.2 Å². The fraction of sp³-hybridized carbons (Fsp3) is 0.467. The number of rotatable bonds is 3. The number of carbonyl (C=O) groups excluding carboxylic acids is 2. The molecule has 7 nitrogen and oxygen atoms in total. The van der Waals surface area contributed by atoms with E-state index in [-0.39, 0.29) is 18.0 Å². The van der Waals surface area contributed by atoms with Gasteiger partial charge in [0.2, 0.25) is 5.91 Å². The molecule has 1 aromatic rings. The molecule has 2 saturated heterocycles. The van der Waals surface area contributed by atoms with E-state index in [0.29, 0.717) is 39.3 Å². The van der Waals surface area contributed by atoms with Crippen LogP contribution in [0.2, 0.25) is 0 Å². The van der Waals surface area contributed by atoms with Gasteiger partial charge in [0.05, 0.1) is 19.3 Å². The number of morpholine rings is 1. The maximum absolute atomic E-state index is 12.1. The topological polar surface area (TPSA) is 73.9 Å². The van der Waals surface area contributed by atoms with Crippen LogP contribution >= 0.6 is 0 Å². The van der Waals surface area contributed by atoms with Gasteiger partial charge in [-0.25, -0.2) is 9.80 Å². The fourth-order valence-corrected chi connectivity index (χ4v) is 2.70. The Morgan fingerprint density at radius 3 is 2.64 bits per heavy atom. The molecule has 1 aromatic carbocycles. The zero-order valence-corrected chi connectivity index (χ0v) is 12.3. The van der Waals surface area contributed by atoms with E-state index in [2.05, 4.69) is 10.7 Å². The molecule has 0 aliphatic carbocycles. The molecule has 2 aliphatic rings. The highest BCUT2D eigenvalue weighted by atomic mass is 16.5. The van der Waals surface area contributed by atoms with E-state index in [4.69, 9.17) is 4.74 Å². The predicted molar refractivity (Wildman–Crippen MR) is 81.3 cm³/mol. The Labute approximate surface area is 129 Å². The van der Waals surface area contributed by atoms with Gasteiger partial charge in [0.1, 0.15) is 0 Å². The number of hydrazine groups is 1. The number of hydrogen-bond acceptors (Lipinski definition) is 4. The van der Waals surface area contributed by atoms with Crippen molar-refractivity contribution in [1.29, 1.82) is 0 Å². The third-order valence-corrected chi connectivity index (χ3v) is 3.80. The lowest BCUT2D eigenvalue weighted by atomic mass is 10.2. The van der Waals surface area contributed by atoms with Gasteiger partial charge in [0.15, 0.2) is 0 Å². The normalized spacial score (nSPS) is 22.6. The summed E-state index contributed by atoms with van der Waals surface area (Å²) >= 11 is 0. The lowest BCUT2D eigenvalue weighted by Crippen LogP contribution is -2.53. The molecule has 2 heterocycles. The third-order valence-electron chi connectivity index (χ3n) is 3.80. The van der Waals surface area contributed by atoms with Crippen molar-refractivity contribution in [1.82, 2.24) is 15.8 Å². The first-order chi connectivity index (χ1) is 10.7. The van der Waals surface area contributed by atoms with E-state index in [0.717, 1.165) is 5.69 Å². The highest BCUT2D eigenvalue weighted by Crippen LogP contribution is 2.20. The third kappa shape index (κ3) is 3.55. The van der Waals surface area contributed by atoms with Gasteiger partial charge in [-0.2, -0.15) is 0 Å². The van der Waals surface area contributed by atoms with Crippen LogP contribution in [0.4, 0.5) is 10.5 Å². The number of nitrogens with one attached hydrogen (secondary N) is 2. The molecule has 1 atom stereocenters. The summed E-state index contributed by atoms with van der Waals surface area (Å²) in [6, 6.07) is 9.06. The Bertz CT molecular complexity index is 531. The first kappa shape index (κ1) is 14.8. The van der Waals surface area contributed by atoms with Crippen LogP contribution in [0, 0.1) is 0 Å². The van der Waals surface area contributed by atoms with Crippen LogP contribution in [0.3, 0.4) is 0 Å². The molecule has 2 N–H and O–H groups in total. The summed E-state index contributed by atoms with van der Waals surface area (Å²) < 4.78 is 5.23. The zero-order chi connectivity index (χ0) is 15.4. The number of ether oxygens (including phenoxy) is 1. The van der Waals surface area contributed by atoms with Crippen molar-refractivity contribution in [2.75, 3.05) is 37.7 Å². The lowest BCUT2D eigenvalue weighted by Gasteiger charge is -2.27. The van der Waals surface area contributed by atoms with Crippen molar-refractivity contribution >= 4 is 17.6 Å². The summed E-state index contributed by atoms with van der Waals surface area (Å²) in [4.78, 5) is 25.8. The molecule has 0 bridgehead atoms. The van der Waals surface area contributed by atoms with Crippen LogP contribution in [0.25, 0.3) is 0 Å². The molecule has 1 unspecified atom stereocenters. The van der Waals surface area contributed by atoms with Crippen LogP contribution in [0.1, 0.15) is 6.42 Å². The summed E-state index contributed by atoms with van der Waals surface area (Å²) in [5.74, 6) is 0.0304. The Balaban J connectivity index is 1.51. The fourth-order valence-electron chi connectivity index (χ4n) is 2.70. The minimum atomic E-state index is -0.269. The predicted octanol–water partition coefficient (Wildman–Crippen LogP) is 0.338. The number of hydrogen-bond donors (Lipinski definition) is 2. The van der Waals surface area contributed by atoms with Gasteiger partial charge in [-0.3, -0.25) is 10.2 Å². The van der Waals surface area contributed by atoms with E-state index < -0.39 is 0 Å². The average molecular weight is 304 g/mol. The smallest absolute Gasteiger partial charge is 0.329 e. The molecular formula is C15H20N4O3. The largest absolute Gasteiger partial charge is 0.379 e. The quantitative estimate of drug-likeness (QED) is 0.844. The summed E-state index contributed by atoms with van der Waals surface area (Å²) in [6.07, 6.45) is 0.325. The molecule has 3 amide bonds. The van der Waals surface area contributed by atoms with Gasteiger partial charge in [-0.05, 0) is 12.1 Å². The van der Waals surface area contributed by atoms with Gasteiger partial charge in [-0.15, -0.1) is 0 Å². The second-order valence-corrected chi connectivity index (χ2v) is 5.43. The van der Waals surface area contributed by atoms with Crippen molar-refractivity contribution in [2.45, 2.75) is 12.5 Å². The number of anilines is 1. The summed E-state index contributed by atoms with van der Waals surface area (Å²) in [5.41, 5.74) is 3.65. The molecule has 0 spiro atoms. The number of benzene rings is 1. The average Bonchev–Trinajstić information content (AvgIpc) is 2.89. The van der Waals surface area contributed by atoms with Crippen LogP contribution in [0.15, 0.2) is 30.3 Å². The van der Waals surface area contributed by atoms with E-state index in [1.54, 1.807) is 4.90 Å². The van der Waals surface area contributed by atoms with Crippen molar-refractivity contribution < 1.29 is 14.3 Å². The monoisotopic (exact) mass is 304 g/mol. The molecular weight excluding hydrogens is 284 g/mol. The van der Waals surface area contributed by atoms with Crippen LogP contribution in [-0.2, 0) is 9.53 Å². The van der Waals surface area contributed by atoms with Crippen LogP contribution in [0.5, 0.6) is 0 Å². The molecule has 0 radical (unpaired) electrons. The van der Waals surface area contributed by atoms with E-state index in [1.807, 2.05) is 35.3 Å². The molecule has 22 heavy (non-hydrogen) atoms. The van der Waals surface area contributed by atoms with Gasteiger partial charge >= 0.3 is 6.03 Å². The van der Waals surface area contributed by atoms with E-state index in [9.17, 15) is 9.59 Å². The second kappa shape index (κ2) is 6.76. The second-order valence-electron chi connectivity index (χ2n) is 5.43. The molecule has 3 rings (SSSR count). The number of para-hydroxylation sites is 1. The summed E-state index contributed by atoms with van der Waals surface area (Å²) in [5, 5.41) is 4.69. The van der Waals surface area contributed by atoms with Crippen molar-refractivity contribution in [3.8, 4) is 0 Å². The molecule has 0 aromatic heterocycles. The number of carbonyl (C=O) groups is 2. The molecule has 2 aliphatic heterocycles. The van der Waals surface area contributed by atoms with Gasteiger partial charge in [0, 0.05) is 31.7 Å². The Kier molecular flexibility index (Phi) is 4.55. The standard InChI is InChI=1S/C15H20N4O3/c20-14-10-12(11-19(14)13-4-2-1-3-5-13)16-15(21)17-18-6-8-22-9-7-18/h1-5,12H,6-11H2,(H2,16,17,21). The van der Waals surface area contributed by atoms with Gasteiger partial charge in [0.25, 0.3) is 0 Å². The Morgan fingerprint density at radius 2 is 1.91 bits per heavy atom. The minimum absolute atomic E-state index is 0.0304. The molecule has 118 valence electrons. The molecule has 2 fully saturated rings. The lowest BCUT2D eigenvalue weighted by molar-refractivity contribution is -0.117. The SMILES string of the molecule is O=C(NC1CC(=O)N(c2ccccc2)C1)NN1CCOCC1. The van der Waals surface area contributed by atoms with Crippen LogP contribution in [-0.4, -0.2) is 55.8 Å².